The lowest BCUT2D eigenvalue weighted by molar-refractivity contribution is -0.122. The maximum atomic E-state index is 12.6. The topological polar surface area (TPSA) is 47.6 Å². The zero-order valence-electron chi connectivity index (χ0n) is 14.4. The van der Waals surface area contributed by atoms with Gasteiger partial charge in [-0.3, -0.25) is 4.79 Å². The number of benzene rings is 3. The first-order chi connectivity index (χ1) is 12.2. The molecule has 0 bridgehead atoms. The van der Waals surface area contributed by atoms with Crippen LogP contribution in [0.2, 0.25) is 0 Å². The van der Waals surface area contributed by atoms with E-state index in [1.165, 1.54) is 0 Å². The lowest BCUT2D eigenvalue weighted by Gasteiger charge is -2.18. The van der Waals surface area contributed by atoms with Crippen molar-refractivity contribution in [2.45, 2.75) is 19.4 Å². The first-order valence-corrected chi connectivity index (χ1v) is 8.30. The summed E-state index contributed by atoms with van der Waals surface area (Å²) < 4.78 is 11.0. The van der Waals surface area contributed by atoms with E-state index in [9.17, 15) is 4.79 Å². The maximum Gasteiger partial charge on any atom is 0.265 e. The summed E-state index contributed by atoms with van der Waals surface area (Å²) in [6.45, 7) is 1.92. The number of nitrogens with one attached hydrogen (secondary N) is 1. The van der Waals surface area contributed by atoms with E-state index in [-0.39, 0.29) is 5.91 Å². The molecule has 0 aromatic heterocycles. The van der Waals surface area contributed by atoms with E-state index < -0.39 is 6.10 Å². The molecule has 4 nitrogen and oxygen atoms in total. The third-order valence-electron chi connectivity index (χ3n) is 4.00. The van der Waals surface area contributed by atoms with E-state index in [4.69, 9.17) is 9.47 Å². The number of ether oxygens (including phenoxy) is 2. The van der Waals surface area contributed by atoms with E-state index >= 15 is 0 Å². The third-order valence-corrected chi connectivity index (χ3v) is 4.00. The molecular formula is C21H21NO3. The predicted octanol–water partition coefficient (Wildman–Crippen LogP) is 4.64. The Hall–Kier alpha value is -3.01. The van der Waals surface area contributed by atoms with Gasteiger partial charge in [0.2, 0.25) is 0 Å². The number of methoxy groups -OCH3 is 1. The molecule has 0 saturated carbocycles. The molecule has 25 heavy (non-hydrogen) atoms. The van der Waals surface area contributed by atoms with E-state index in [1.54, 1.807) is 13.2 Å². The van der Waals surface area contributed by atoms with Gasteiger partial charge in [0.25, 0.3) is 5.91 Å². The molecular weight excluding hydrogens is 314 g/mol. The van der Waals surface area contributed by atoms with Crippen molar-refractivity contribution in [2.24, 2.45) is 0 Å². The summed E-state index contributed by atoms with van der Waals surface area (Å²) in [6, 6.07) is 21.2. The minimum absolute atomic E-state index is 0.166. The fourth-order valence-corrected chi connectivity index (χ4v) is 2.65. The summed E-state index contributed by atoms with van der Waals surface area (Å²) in [4.78, 5) is 12.6. The molecule has 0 saturated heterocycles. The van der Waals surface area contributed by atoms with Gasteiger partial charge in [0.05, 0.1) is 7.11 Å². The highest BCUT2D eigenvalue weighted by atomic mass is 16.5. The number of anilines is 1. The van der Waals surface area contributed by atoms with Crippen LogP contribution in [-0.2, 0) is 4.79 Å². The van der Waals surface area contributed by atoms with Crippen LogP contribution in [0.1, 0.15) is 13.3 Å². The van der Waals surface area contributed by atoms with Crippen LogP contribution in [0.25, 0.3) is 10.8 Å². The minimum Gasteiger partial charge on any atom is -0.497 e. The molecule has 3 rings (SSSR count). The van der Waals surface area contributed by atoms with Crippen molar-refractivity contribution in [1.82, 2.24) is 0 Å². The lowest BCUT2D eigenvalue weighted by atomic mass is 10.1. The van der Waals surface area contributed by atoms with Gasteiger partial charge in [-0.25, -0.2) is 0 Å². The molecule has 0 aliphatic heterocycles. The van der Waals surface area contributed by atoms with Crippen molar-refractivity contribution in [1.29, 1.82) is 0 Å². The van der Waals surface area contributed by atoms with Crippen molar-refractivity contribution >= 4 is 22.4 Å². The number of hydrogen-bond donors (Lipinski definition) is 1. The van der Waals surface area contributed by atoms with E-state index in [1.807, 2.05) is 67.6 Å². The largest absolute Gasteiger partial charge is 0.497 e. The van der Waals surface area contributed by atoms with Gasteiger partial charge in [0, 0.05) is 11.8 Å². The minimum atomic E-state index is -0.571. The molecule has 1 amide bonds. The molecule has 0 fully saturated rings. The molecule has 3 aromatic carbocycles. The van der Waals surface area contributed by atoms with Gasteiger partial charge in [0.1, 0.15) is 11.5 Å². The number of amides is 1. The Kier molecular flexibility index (Phi) is 5.19. The molecule has 0 unspecified atom stereocenters. The average Bonchev–Trinajstić information content (AvgIpc) is 2.66. The first-order valence-electron chi connectivity index (χ1n) is 8.30. The van der Waals surface area contributed by atoms with E-state index in [2.05, 4.69) is 5.32 Å². The van der Waals surface area contributed by atoms with Crippen LogP contribution in [0.5, 0.6) is 11.5 Å². The molecule has 0 spiro atoms. The molecule has 0 radical (unpaired) electrons. The number of rotatable bonds is 6. The highest BCUT2D eigenvalue weighted by molar-refractivity contribution is 5.96. The van der Waals surface area contributed by atoms with E-state index in [0.717, 1.165) is 16.5 Å². The van der Waals surface area contributed by atoms with Gasteiger partial charge in [0.15, 0.2) is 6.10 Å². The Bertz CT molecular complexity index is 876. The lowest BCUT2D eigenvalue weighted by Crippen LogP contribution is -2.32. The van der Waals surface area contributed by atoms with E-state index in [0.29, 0.717) is 17.9 Å². The average molecular weight is 335 g/mol. The Morgan fingerprint density at radius 2 is 1.72 bits per heavy atom. The monoisotopic (exact) mass is 335 g/mol. The van der Waals surface area contributed by atoms with Crippen molar-refractivity contribution in [3.63, 3.8) is 0 Å². The SMILES string of the molecule is CC[C@@H](Oc1cccc(OC)c1)C(=O)Nc1ccc2ccccc2c1. The Morgan fingerprint density at radius 1 is 0.960 bits per heavy atom. The number of hydrogen-bond acceptors (Lipinski definition) is 3. The highest BCUT2D eigenvalue weighted by Crippen LogP contribution is 2.22. The summed E-state index contributed by atoms with van der Waals surface area (Å²) in [5.74, 6) is 1.14. The van der Waals surface area contributed by atoms with Crippen molar-refractivity contribution in [3.8, 4) is 11.5 Å². The zero-order valence-corrected chi connectivity index (χ0v) is 14.4. The van der Waals surface area contributed by atoms with Crippen LogP contribution in [0.15, 0.2) is 66.7 Å². The number of fused-ring (bicyclic) bond motifs is 1. The number of carbonyl (C=O) groups is 1. The van der Waals surface area contributed by atoms with Crippen molar-refractivity contribution in [3.05, 3.63) is 66.7 Å². The molecule has 128 valence electrons. The highest BCUT2D eigenvalue weighted by Gasteiger charge is 2.19. The predicted molar refractivity (Wildman–Crippen MR) is 100 cm³/mol. The van der Waals surface area contributed by atoms with Crippen molar-refractivity contribution in [2.75, 3.05) is 12.4 Å². The fourth-order valence-electron chi connectivity index (χ4n) is 2.65. The number of carbonyl (C=O) groups excluding carboxylic acids is 1. The van der Waals surface area contributed by atoms with Crippen LogP contribution in [0, 0.1) is 0 Å². The van der Waals surface area contributed by atoms with Crippen LogP contribution in [-0.4, -0.2) is 19.1 Å². The summed E-state index contributed by atoms with van der Waals surface area (Å²) >= 11 is 0. The van der Waals surface area contributed by atoms with Gasteiger partial charge in [-0.2, -0.15) is 0 Å². The second-order valence-electron chi connectivity index (χ2n) is 5.74. The van der Waals surface area contributed by atoms with Gasteiger partial charge in [-0.05, 0) is 41.5 Å². The fraction of sp³-hybridized carbons (Fsp3) is 0.190. The smallest absolute Gasteiger partial charge is 0.265 e. The second kappa shape index (κ2) is 7.71. The van der Waals surface area contributed by atoms with Crippen LogP contribution < -0.4 is 14.8 Å². The maximum absolute atomic E-state index is 12.6. The quantitative estimate of drug-likeness (QED) is 0.713. The molecule has 0 aliphatic rings. The summed E-state index contributed by atoms with van der Waals surface area (Å²) in [6.07, 6.45) is -0.00467. The summed E-state index contributed by atoms with van der Waals surface area (Å²) in [5, 5.41) is 5.16. The molecule has 3 aromatic rings. The Labute approximate surface area is 147 Å². The zero-order chi connectivity index (χ0) is 17.6. The van der Waals surface area contributed by atoms with Crippen LogP contribution >= 0.6 is 0 Å². The summed E-state index contributed by atoms with van der Waals surface area (Å²) in [5.41, 5.74) is 0.761. The van der Waals surface area contributed by atoms with Gasteiger partial charge in [-0.15, -0.1) is 0 Å². The molecule has 1 atom stereocenters. The molecule has 4 heteroatoms. The van der Waals surface area contributed by atoms with Crippen LogP contribution in [0.4, 0.5) is 5.69 Å². The molecule has 1 N–H and O–H groups in total. The van der Waals surface area contributed by atoms with Gasteiger partial charge >= 0.3 is 0 Å². The Morgan fingerprint density at radius 3 is 2.48 bits per heavy atom. The first kappa shape index (κ1) is 16.8. The summed E-state index contributed by atoms with van der Waals surface area (Å²) in [7, 11) is 1.60. The van der Waals surface area contributed by atoms with Gasteiger partial charge in [-0.1, -0.05) is 43.3 Å². The third kappa shape index (κ3) is 4.10. The standard InChI is InChI=1S/C21H21NO3/c1-3-20(25-19-10-6-9-18(14-19)24-2)21(23)22-17-12-11-15-7-4-5-8-16(15)13-17/h4-14,20H,3H2,1-2H3,(H,22,23)/t20-/m1/s1. The van der Waals surface area contributed by atoms with Crippen LogP contribution in [0.3, 0.4) is 0 Å². The normalized spacial score (nSPS) is 11.8. The Balaban J connectivity index is 1.72. The molecule has 0 heterocycles. The second-order valence-corrected chi connectivity index (χ2v) is 5.74. The van der Waals surface area contributed by atoms with Crippen molar-refractivity contribution < 1.29 is 14.3 Å². The molecule has 0 aliphatic carbocycles. The van der Waals surface area contributed by atoms with Gasteiger partial charge < -0.3 is 14.8 Å².